The van der Waals surface area contributed by atoms with Gasteiger partial charge in [-0.05, 0) is 68.1 Å². The fraction of sp³-hybridized carbons (Fsp3) is 0.345. The molecule has 0 spiro atoms. The van der Waals surface area contributed by atoms with E-state index >= 15 is 0 Å². The number of carbonyl (C=O) groups excluding carboxylic acids is 1. The van der Waals surface area contributed by atoms with Gasteiger partial charge in [0.25, 0.3) is 0 Å². The summed E-state index contributed by atoms with van der Waals surface area (Å²) in [6.07, 6.45) is 0.545. The molecule has 0 saturated carbocycles. The van der Waals surface area contributed by atoms with E-state index in [4.69, 9.17) is 9.57 Å². The van der Waals surface area contributed by atoms with Gasteiger partial charge in [-0.15, -0.1) is 0 Å². The molecule has 2 heterocycles. The van der Waals surface area contributed by atoms with Gasteiger partial charge in [-0.25, -0.2) is 9.37 Å². The third kappa shape index (κ3) is 5.94. The molecule has 4 rings (SSSR count). The molecule has 1 aromatic heterocycles. The van der Waals surface area contributed by atoms with Crippen LogP contribution in [0.5, 0.6) is 5.88 Å². The summed E-state index contributed by atoms with van der Waals surface area (Å²) in [4.78, 5) is 23.3. The van der Waals surface area contributed by atoms with Crippen molar-refractivity contribution < 1.29 is 18.8 Å². The van der Waals surface area contributed by atoms with Gasteiger partial charge in [0.05, 0.1) is 17.5 Å². The van der Waals surface area contributed by atoms with Gasteiger partial charge in [-0.3, -0.25) is 4.79 Å². The summed E-state index contributed by atoms with van der Waals surface area (Å²) >= 11 is 0. The number of ketones is 1. The zero-order valence-electron chi connectivity index (χ0n) is 20.8. The van der Waals surface area contributed by atoms with Crippen molar-refractivity contribution in [3.05, 3.63) is 82.8 Å². The van der Waals surface area contributed by atoms with Gasteiger partial charge in [-0.2, -0.15) is 0 Å². The molecule has 0 amide bonds. The lowest BCUT2D eigenvalue weighted by atomic mass is 9.92. The first kappa shape index (κ1) is 24.6. The Kier molecular flexibility index (Phi) is 7.29. The number of Topliss-reactive ketones (excluding diaryl/α,β-unsaturated/α-hetero) is 1. The Morgan fingerprint density at radius 1 is 1.09 bits per heavy atom. The van der Waals surface area contributed by atoms with Gasteiger partial charge in [0.15, 0.2) is 11.9 Å². The molecule has 182 valence electrons. The molecule has 2 aromatic carbocycles. The van der Waals surface area contributed by atoms with Gasteiger partial charge < -0.3 is 9.57 Å². The maximum absolute atomic E-state index is 14.8. The highest BCUT2D eigenvalue weighted by molar-refractivity contribution is 6.05. The number of nitrogens with zero attached hydrogens (tertiary/aromatic N) is 2. The average Bonchev–Trinajstić information content (AvgIpc) is 3.28. The van der Waals surface area contributed by atoms with Crippen LogP contribution in [0.3, 0.4) is 0 Å². The fourth-order valence-corrected chi connectivity index (χ4v) is 4.08. The highest BCUT2D eigenvalue weighted by Gasteiger charge is 2.27. The van der Waals surface area contributed by atoms with E-state index in [0.29, 0.717) is 41.1 Å². The van der Waals surface area contributed by atoms with Crippen molar-refractivity contribution in [3.63, 3.8) is 0 Å². The smallest absolute Gasteiger partial charge is 0.213 e. The summed E-state index contributed by atoms with van der Waals surface area (Å²) in [6.45, 7) is 9.76. The molecule has 0 aliphatic carbocycles. The molecule has 0 saturated heterocycles. The predicted octanol–water partition coefficient (Wildman–Crippen LogP) is 7.08. The maximum atomic E-state index is 14.8. The lowest BCUT2D eigenvalue weighted by Gasteiger charge is -2.13. The van der Waals surface area contributed by atoms with E-state index in [2.05, 4.69) is 10.1 Å². The zero-order chi connectivity index (χ0) is 25.1. The number of aromatic nitrogens is 1. The number of halogens is 1. The van der Waals surface area contributed by atoms with Gasteiger partial charge in [-0.1, -0.05) is 37.2 Å². The van der Waals surface area contributed by atoms with Crippen LogP contribution in [0.1, 0.15) is 73.8 Å². The zero-order valence-corrected chi connectivity index (χ0v) is 20.8. The van der Waals surface area contributed by atoms with Crippen LogP contribution in [0.25, 0.3) is 11.1 Å². The van der Waals surface area contributed by atoms with E-state index in [0.717, 1.165) is 16.8 Å². The number of hydrogen-bond acceptors (Lipinski definition) is 5. The number of carbonyl (C=O) groups is 1. The third-order valence-corrected chi connectivity index (χ3v) is 5.72. The van der Waals surface area contributed by atoms with Gasteiger partial charge in [0, 0.05) is 35.6 Å². The first-order valence-electron chi connectivity index (χ1n) is 12.0. The third-order valence-electron chi connectivity index (χ3n) is 5.72. The van der Waals surface area contributed by atoms with Crippen molar-refractivity contribution >= 4 is 11.5 Å². The molecule has 0 N–H and O–H groups in total. The van der Waals surface area contributed by atoms with E-state index in [-0.39, 0.29) is 29.7 Å². The Morgan fingerprint density at radius 2 is 1.86 bits per heavy atom. The van der Waals surface area contributed by atoms with E-state index in [1.165, 1.54) is 6.07 Å². The van der Waals surface area contributed by atoms with E-state index in [1.54, 1.807) is 12.1 Å². The van der Waals surface area contributed by atoms with E-state index in [1.807, 2.05) is 71.0 Å². The predicted molar refractivity (Wildman–Crippen MR) is 135 cm³/mol. The number of benzene rings is 2. The molecule has 1 aliphatic rings. The molecule has 1 unspecified atom stereocenters. The SMILES string of the molecule is Cc1ccc(-c2cc(C(=O)CC(C)C)cc(C3=NOC(c4cccc(OC(C)C)n4)C3)c2)c(F)c1. The standard InChI is InChI=1S/C29H31FN2O3/c1-17(2)11-27(33)22-14-20(23-10-9-19(5)12-24(23)30)13-21(15-22)26-16-28(35-32-26)25-7-6-8-29(31-25)34-18(3)4/h6-10,12-15,17-18,28H,11,16H2,1-5H3. The minimum atomic E-state index is -0.365. The van der Waals surface area contributed by atoms with Crippen molar-refractivity contribution in [2.75, 3.05) is 0 Å². The highest BCUT2D eigenvalue weighted by Crippen LogP contribution is 2.33. The molecule has 6 heteroatoms. The first-order valence-corrected chi connectivity index (χ1v) is 12.0. The first-order chi connectivity index (χ1) is 16.7. The molecule has 0 bridgehead atoms. The van der Waals surface area contributed by atoms with Crippen molar-refractivity contribution in [1.29, 1.82) is 0 Å². The summed E-state index contributed by atoms with van der Waals surface area (Å²) in [6, 6.07) is 16.2. The minimum Gasteiger partial charge on any atom is -0.475 e. The van der Waals surface area contributed by atoms with Gasteiger partial charge in [0.1, 0.15) is 5.82 Å². The van der Waals surface area contributed by atoms with E-state index < -0.39 is 0 Å². The second kappa shape index (κ2) is 10.4. The highest BCUT2D eigenvalue weighted by atomic mass is 19.1. The quantitative estimate of drug-likeness (QED) is 0.327. The summed E-state index contributed by atoms with van der Waals surface area (Å²) < 4.78 is 20.5. The van der Waals surface area contributed by atoms with Crippen molar-refractivity contribution in [3.8, 4) is 17.0 Å². The van der Waals surface area contributed by atoms with Crippen LogP contribution in [-0.4, -0.2) is 22.6 Å². The number of rotatable bonds is 8. The van der Waals surface area contributed by atoms with Crippen LogP contribution < -0.4 is 4.74 Å². The number of oxime groups is 1. The van der Waals surface area contributed by atoms with E-state index in [9.17, 15) is 9.18 Å². The monoisotopic (exact) mass is 474 g/mol. The Hall–Kier alpha value is -3.54. The van der Waals surface area contributed by atoms with Gasteiger partial charge in [0.2, 0.25) is 5.88 Å². The molecular weight excluding hydrogens is 443 g/mol. The Balaban J connectivity index is 1.67. The summed E-state index contributed by atoms with van der Waals surface area (Å²) in [5.41, 5.74) is 4.63. The summed E-state index contributed by atoms with van der Waals surface area (Å²) in [5, 5.41) is 4.32. The van der Waals surface area contributed by atoms with Crippen LogP contribution in [0.4, 0.5) is 4.39 Å². The molecular formula is C29H31FN2O3. The molecule has 3 aromatic rings. The molecule has 0 fully saturated rings. The summed E-state index contributed by atoms with van der Waals surface area (Å²) in [7, 11) is 0. The van der Waals surface area contributed by atoms with Crippen molar-refractivity contribution in [2.45, 2.75) is 59.7 Å². The number of hydrogen-bond donors (Lipinski definition) is 0. The van der Waals surface area contributed by atoms with Crippen molar-refractivity contribution in [2.24, 2.45) is 11.1 Å². The number of ether oxygens (including phenoxy) is 1. The maximum Gasteiger partial charge on any atom is 0.213 e. The van der Waals surface area contributed by atoms with Crippen molar-refractivity contribution in [1.82, 2.24) is 4.98 Å². The largest absolute Gasteiger partial charge is 0.475 e. The molecule has 35 heavy (non-hydrogen) atoms. The normalized spacial score (nSPS) is 15.3. The Labute approximate surface area is 206 Å². The van der Waals surface area contributed by atoms with Crippen LogP contribution in [0, 0.1) is 18.7 Å². The molecule has 0 radical (unpaired) electrons. The minimum absolute atomic E-state index is 0.0146. The molecule has 1 atom stereocenters. The lowest BCUT2D eigenvalue weighted by Crippen LogP contribution is -2.10. The second-order valence-corrected chi connectivity index (χ2v) is 9.71. The van der Waals surface area contributed by atoms with Crippen LogP contribution >= 0.6 is 0 Å². The topological polar surface area (TPSA) is 60.8 Å². The van der Waals surface area contributed by atoms with Gasteiger partial charge >= 0.3 is 0 Å². The lowest BCUT2D eigenvalue weighted by molar-refractivity contribution is 0.0816. The molecule has 1 aliphatic heterocycles. The van der Waals surface area contributed by atoms with Crippen LogP contribution in [0.15, 0.2) is 59.8 Å². The number of pyridine rings is 1. The second-order valence-electron chi connectivity index (χ2n) is 9.71. The number of aryl methyl sites for hydroxylation is 1. The Bertz CT molecular complexity index is 1270. The Morgan fingerprint density at radius 3 is 2.57 bits per heavy atom. The summed E-state index contributed by atoms with van der Waals surface area (Å²) in [5.74, 6) is 0.451. The van der Waals surface area contributed by atoms with Crippen LogP contribution in [-0.2, 0) is 4.84 Å². The average molecular weight is 475 g/mol. The molecule has 5 nitrogen and oxygen atoms in total. The fourth-order valence-electron chi connectivity index (χ4n) is 4.08. The van der Waals surface area contributed by atoms with Crippen LogP contribution in [0.2, 0.25) is 0 Å².